The van der Waals surface area contributed by atoms with Crippen LogP contribution in [-0.2, 0) is 27.1 Å². The van der Waals surface area contributed by atoms with E-state index in [4.69, 9.17) is 4.42 Å². The van der Waals surface area contributed by atoms with Gasteiger partial charge in [0.2, 0.25) is 5.88 Å². The Kier molecular flexibility index (Phi) is 10.8. The van der Waals surface area contributed by atoms with Crippen molar-refractivity contribution in [3.8, 4) is 17.2 Å². The Morgan fingerprint density at radius 1 is 0.460 bits per heavy atom. The van der Waals surface area contributed by atoms with Gasteiger partial charge in [0.05, 0.1) is 17.3 Å². The zero-order valence-corrected chi connectivity index (χ0v) is 39.9. The Labute approximate surface area is 377 Å². The number of hydrogen-bond acceptors (Lipinski definition) is 4. The summed E-state index contributed by atoms with van der Waals surface area (Å²) in [5.74, 6) is 0.755. The first-order valence-corrected chi connectivity index (χ1v) is 22.7. The number of rotatable bonds is 7. The van der Waals surface area contributed by atoms with Crippen LogP contribution in [0.3, 0.4) is 0 Å². The zero-order valence-electron chi connectivity index (χ0n) is 39.9. The smallest absolute Gasteiger partial charge is 0.205 e. The van der Waals surface area contributed by atoms with Gasteiger partial charge in [-0.3, -0.25) is 4.90 Å². The average molecular weight is 832 g/mol. The summed E-state index contributed by atoms with van der Waals surface area (Å²) < 4.78 is 7.08. The highest BCUT2D eigenvalue weighted by molar-refractivity contribution is 5.90. The second-order valence-corrected chi connectivity index (χ2v) is 22.3. The van der Waals surface area contributed by atoms with E-state index < -0.39 is 0 Å². The highest BCUT2D eigenvalue weighted by Crippen LogP contribution is 2.50. The summed E-state index contributed by atoms with van der Waals surface area (Å²) in [6, 6.07) is 51.0. The molecule has 0 N–H and O–H groups in total. The van der Waals surface area contributed by atoms with Crippen LogP contribution in [0.1, 0.15) is 136 Å². The SMILES string of the molecule is CC(C)(C)c1ccc(N(c2ccc(C(C)(C)C)cc2)c2cc(-c3ccc(C#N)cc3)cc(N(c3ccc(C(C)(C)C)cc3)c3cc4cc5c(cc4o3)C(C)(C)CCC5(C)C)c2)cc1. The quantitative estimate of drug-likeness (QED) is 0.160. The predicted molar refractivity (Wildman–Crippen MR) is 267 cm³/mol. The maximum atomic E-state index is 9.76. The van der Waals surface area contributed by atoms with Crippen LogP contribution in [-0.4, -0.2) is 0 Å². The van der Waals surface area contributed by atoms with Gasteiger partial charge < -0.3 is 9.32 Å². The highest BCUT2D eigenvalue weighted by Gasteiger charge is 2.38. The molecule has 0 amide bonds. The molecule has 0 unspecified atom stereocenters. The van der Waals surface area contributed by atoms with E-state index in [0.29, 0.717) is 5.56 Å². The number of nitriles is 1. The van der Waals surface area contributed by atoms with E-state index in [1.54, 1.807) is 0 Å². The van der Waals surface area contributed by atoms with Crippen LogP contribution in [0.5, 0.6) is 0 Å². The third-order valence-corrected chi connectivity index (χ3v) is 13.4. The van der Waals surface area contributed by atoms with E-state index in [-0.39, 0.29) is 27.1 Å². The van der Waals surface area contributed by atoms with Gasteiger partial charge in [-0.15, -0.1) is 0 Å². The van der Waals surface area contributed by atoms with Crippen molar-refractivity contribution in [3.63, 3.8) is 0 Å². The molecule has 4 nitrogen and oxygen atoms in total. The molecule has 0 bridgehead atoms. The van der Waals surface area contributed by atoms with Crippen LogP contribution < -0.4 is 9.80 Å². The van der Waals surface area contributed by atoms with Gasteiger partial charge in [-0.05, 0) is 158 Å². The second kappa shape index (κ2) is 15.6. The molecule has 8 rings (SSSR count). The van der Waals surface area contributed by atoms with Crippen LogP contribution in [0.15, 0.2) is 138 Å². The van der Waals surface area contributed by atoms with Crippen LogP contribution in [0, 0.1) is 11.3 Å². The Morgan fingerprint density at radius 2 is 0.873 bits per heavy atom. The van der Waals surface area contributed by atoms with Gasteiger partial charge in [-0.25, -0.2) is 0 Å². The molecule has 0 atom stereocenters. The third kappa shape index (κ3) is 8.68. The molecule has 0 fully saturated rings. The van der Waals surface area contributed by atoms with E-state index >= 15 is 0 Å². The summed E-state index contributed by atoms with van der Waals surface area (Å²) in [4.78, 5) is 4.65. The molecule has 6 aromatic carbocycles. The van der Waals surface area contributed by atoms with E-state index in [9.17, 15) is 5.26 Å². The fourth-order valence-electron chi connectivity index (χ4n) is 9.14. The summed E-state index contributed by atoms with van der Waals surface area (Å²) in [5.41, 5.74) is 15.5. The minimum Gasteiger partial charge on any atom is -0.440 e. The van der Waals surface area contributed by atoms with Crippen molar-refractivity contribution >= 4 is 45.3 Å². The molecule has 1 heterocycles. The molecule has 0 radical (unpaired) electrons. The number of anilines is 6. The first-order chi connectivity index (χ1) is 29.5. The van der Waals surface area contributed by atoms with Crippen LogP contribution >= 0.6 is 0 Å². The summed E-state index contributed by atoms with van der Waals surface area (Å²) in [6.07, 6.45) is 2.28. The molecule has 7 aromatic rings. The normalized spacial score (nSPS) is 14.9. The molecule has 322 valence electrons. The van der Waals surface area contributed by atoms with Crippen molar-refractivity contribution in [1.29, 1.82) is 5.26 Å². The molecule has 0 saturated heterocycles. The lowest BCUT2D eigenvalue weighted by Gasteiger charge is -2.41. The van der Waals surface area contributed by atoms with Gasteiger partial charge in [-0.1, -0.05) is 139 Å². The molecule has 4 heteroatoms. The molecule has 1 aromatic heterocycles. The first kappa shape index (κ1) is 43.6. The summed E-state index contributed by atoms with van der Waals surface area (Å²) in [7, 11) is 0. The predicted octanol–water partition coefficient (Wildman–Crippen LogP) is 17.2. The van der Waals surface area contributed by atoms with E-state index in [2.05, 4.69) is 227 Å². The minimum atomic E-state index is -0.00431. The van der Waals surface area contributed by atoms with Crippen molar-refractivity contribution < 1.29 is 4.42 Å². The molecule has 0 spiro atoms. The van der Waals surface area contributed by atoms with E-state index in [1.807, 2.05) is 12.1 Å². The summed E-state index contributed by atoms with van der Waals surface area (Å²) in [5, 5.41) is 10.9. The van der Waals surface area contributed by atoms with E-state index in [0.717, 1.165) is 69.3 Å². The van der Waals surface area contributed by atoms with E-state index in [1.165, 1.54) is 27.8 Å². The standard InChI is InChI=1S/C59H65N3O/c1-55(2,3)43-18-24-46(25-19-43)61(47-26-20-44(21-27-47)56(4,5)6)49-32-41(40-16-14-39(38-60)15-17-40)33-50(36-49)62(48-28-22-45(23-29-48)57(7,8)9)54-35-42-34-51-52(37-53(42)63-54)59(12,13)31-30-58(51,10)11/h14-29,32-37H,30-31H2,1-13H3. The number of fused-ring (bicyclic) bond motifs is 2. The van der Waals surface area contributed by atoms with Gasteiger partial charge in [-0.2, -0.15) is 5.26 Å². The largest absolute Gasteiger partial charge is 0.440 e. The topological polar surface area (TPSA) is 43.4 Å². The molecule has 63 heavy (non-hydrogen) atoms. The van der Waals surface area contributed by atoms with Crippen molar-refractivity contribution in [2.24, 2.45) is 0 Å². The van der Waals surface area contributed by atoms with Gasteiger partial charge >= 0.3 is 0 Å². The van der Waals surface area contributed by atoms with Crippen LogP contribution in [0.25, 0.3) is 22.1 Å². The molecular weight excluding hydrogens is 767 g/mol. The van der Waals surface area contributed by atoms with Crippen LogP contribution in [0.2, 0.25) is 0 Å². The van der Waals surface area contributed by atoms with Gasteiger partial charge in [0.1, 0.15) is 5.58 Å². The van der Waals surface area contributed by atoms with Crippen molar-refractivity contribution in [2.75, 3.05) is 9.80 Å². The monoisotopic (exact) mass is 832 g/mol. The number of hydrogen-bond donors (Lipinski definition) is 0. The van der Waals surface area contributed by atoms with Gasteiger partial charge in [0.25, 0.3) is 0 Å². The molecular formula is C59H65N3O. The van der Waals surface area contributed by atoms with Gasteiger partial charge in [0, 0.05) is 34.2 Å². The van der Waals surface area contributed by atoms with Crippen LogP contribution in [0.4, 0.5) is 34.3 Å². The maximum absolute atomic E-state index is 9.76. The zero-order chi connectivity index (χ0) is 45.3. The molecule has 0 aliphatic heterocycles. The highest BCUT2D eigenvalue weighted by atomic mass is 16.4. The first-order valence-electron chi connectivity index (χ1n) is 22.7. The molecule has 0 saturated carbocycles. The molecule has 1 aliphatic rings. The van der Waals surface area contributed by atoms with Gasteiger partial charge in [0.15, 0.2) is 0 Å². The Hall–Kier alpha value is -6.05. The Bertz CT molecular complexity index is 2700. The van der Waals surface area contributed by atoms with Crippen molar-refractivity contribution in [3.05, 3.63) is 167 Å². The Morgan fingerprint density at radius 3 is 1.30 bits per heavy atom. The van der Waals surface area contributed by atoms with Crippen molar-refractivity contribution in [1.82, 2.24) is 0 Å². The summed E-state index contributed by atoms with van der Waals surface area (Å²) in [6.45, 7) is 29.8. The number of nitrogens with zero attached hydrogens (tertiary/aromatic N) is 3. The second-order valence-electron chi connectivity index (χ2n) is 22.3. The van der Waals surface area contributed by atoms with Crippen molar-refractivity contribution in [2.45, 2.75) is 130 Å². The maximum Gasteiger partial charge on any atom is 0.205 e. The lowest BCUT2D eigenvalue weighted by molar-refractivity contribution is 0.332. The minimum absolute atomic E-state index is 0.00431. The molecule has 1 aliphatic carbocycles. The Balaban J connectivity index is 1.40. The lowest BCUT2D eigenvalue weighted by Crippen LogP contribution is -2.33. The fourth-order valence-corrected chi connectivity index (χ4v) is 9.14. The fraction of sp³-hybridized carbons (Fsp3) is 0.339. The summed E-state index contributed by atoms with van der Waals surface area (Å²) >= 11 is 0. The average Bonchev–Trinajstić information content (AvgIpc) is 3.65. The number of furan rings is 1. The third-order valence-electron chi connectivity index (χ3n) is 13.4. The number of benzene rings is 6. The lowest BCUT2D eigenvalue weighted by atomic mass is 9.63.